The highest BCUT2D eigenvalue weighted by Crippen LogP contribution is 2.15. The maximum atomic E-state index is 11.8. The van der Waals surface area contributed by atoms with E-state index < -0.39 is 0 Å². The number of nitrogens with zero attached hydrogens (tertiary/aromatic N) is 3. The second-order valence-corrected chi connectivity index (χ2v) is 4.20. The number of hydrogen-bond donors (Lipinski definition) is 2. The average molecular weight is 223 g/mol. The molecule has 0 spiro atoms. The molecule has 1 aromatic rings. The van der Waals surface area contributed by atoms with Crippen molar-refractivity contribution in [3.63, 3.8) is 0 Å². The summed E-state index contributed by atoms with van der Waals surface area (Å²) in [6.45, 7) is 5.09. The first-order chi connectivity index (χ1) is 7.77. The zero-order chi connectivity index (χ0) is 11.4. The van der Waals surface area contributed by atoms with Gasteiger partial charge in [0, 0.05) is 19.3 Å². The van der Waals surface area contributed by atoms with Gasteiger partial charge in [0.05, 0.1) is 18.7 Å². The molecule has 88 valence electrons. The van der Waals surface area contributed by atoms with Crippen LogP contribution in [-0.4, -0.2) is 40.5 Å². The van der Waals surface area contributed by atoms with Gasteiger partial charge in [0.25, 0.3) is 0 Å². The summed E-state index contributed by atoms with van der Waals surface area (Å²) in [5, 5.41) is 13.7. The second kappa shape index (κ2) is 5.07. The predicted molar refractivity (Wildman–Crippen MR) is 58.6 cm³/mol. The Balaban J connectivity index is 1.71. The van der Waals surface area contributed by atoms with Gasteiger partial charge in [-0.05, 0) is 12.5 Å². The molecule has 0 aromatic carbocycles. The van der Waals surface area contributed by atoms with Crippen LogP contribution in [0.4, 0.5) is 0 Å². The summed E-state index contributed by atoms with van der Waals surface area (Å²) < 4.78 is 1.70. The van der Waals surface area contributed by atoms with Gasteiger partial charge in [-0.3, -0.25) is 9.48 Å². The maximum absolute atomic E-state index is 11.8. The highest BCUT2D eigenvalue weighted by molar-refractivity contribution is 5.79. The lowest BCUT2D eigenvalue weighted by molar-refractivity contribution is -0.125. The van der Waals surface area contributed by atoms with Gasteiger partial charge in [-0.25, -0.2) is 0 Å². The minimum absolute atomic E-state index is 0.107. The zero-order valence-electron chi connectivity index (χ0n) is 9.39. The highest BCUT2D eigenvalue weighted by atomic mass is 16.1. The Kier molecular flexibility index (Phi) is 3.51. The van der Waals surface area contributed by atoms with Crippen molar-refractivity contribution in [2.24, 2.45) is 11.8 Å². The fraction of sp³-hybridized carbons (Fsp3) is 0.700. The van der Waals surface area contributed by atoms with E-state index in [1.54, 1.807) is 17.1 Å². The lowest BCUT2D eigenvalue weighted by atomic mass is 9.97. The van der Waals surface area contributed by atoms with E-state index in [-0.39, 0.29) is 11.8 Å². The molecule has 0 radical (unpaired) electrons. The minimum Gasteiger partial charge on any atom is -0.354 e. The fourth-order valence-corrected chi connectivity index (χ4v) is 1.94. The monoisotopic (exact) mass is 223 g/mol. The molecule has 1 aromatic heterocycles. The van der Waals surface area contributed by atoms with Crippen molar-refractivity contribution in [1.29, 1.82) is 0 Å². The van der Waals surface area contributed by atoms with Gasteiger partial charge < -0.3 is 10.6 Å². The molecule has 1 aliphatic rings. The van der Waals surface area contributed by atoms with Gasteiger partial charge in [-0.2, -0.15) is 0 Å². The number of carbonyl (C=O) groups excluding carboxylic acids is 1. The summed E-state index contributed by atoms with van der Waals surface area (Å²) in [4.78, 5) is 11.8. The van der Waals surface area contributed by atoms with Crippen LogP contribution < -0.4 is 10.6 Å². The van der Waals surface area contributed by atoms with Crippen LogP contribution in [-0.2, 0) is 11.3 Å². The third-order valence-electron chi connectivity index (χ3n) is 2.97. The van der Waals surface area contributed by atoms with Crippen molar-refractivity contribution in [2.75, 3.05) is 19.6 Å². The molecule has 0 bridgehead atoms. The van der Waals surface area contributed by atoms with Gasteiger partial charge in [-0.15, -0.1) is 5.10 Å². The molecule has 16 heavy (non-hydrogen) atoms. The van der Waals surface area contributed by atoms with E-state index in [1.165, 1.54) is 0 Å². The Labute approximate surface area is 94.4 Å². The van der Waals surface area contributed by atoms with E-state index in [0.29, 0.717) is 19.0 Å². The summed E-state index contributed by atoms with van der Waals surface area (Å²) in [6, 6.07) is 0. The van der Waals surface area contributed by atoms with Crippen molar-refractivity contribution in [1.82, 2.24) is 25.6 Å². The number of nitrogens with one attached hydrogen (secondary N) is 2. The number of hydrogen-bond acceptors (Lipinski definition) is 4. The van der Waals surface area contributed by atoms with Crippen LogP contribution in [0.25, 0.3) is 0 Å². The van der Waals surface area contributed by atoms with Crippen molar-refractivity contribution in [3.8, 4) is 0 Å². The number of rotatable bonds is 4. The van der Waals surface area contributed by atoms with Gasteiger partial charge in [0.1, 0.15) is 0 Å². The molecule has 6 nitrogen and oxygen atoms in total. The van der Waals surface area contributed by atoms with Crippen LogP contribution in [0.5, 0.6) is 0 Å². The first-order valence-electron chi connectivity index (χ1n) is 5.60. The number of aromatic nitrogens is 3. The predicted octanol–water partition coefficient (Wildman–Crippen LogP) is -0.750. The van der Waals surface area contributed by atoms with Gasteiger partial charge in [-0.1, -0.05) is 12.1 Å². The molecule has 6 heteroatoms. The van der Waals surface area contributed by atoms with Crippen LogP contribution in [0.2, 0.25) is 0 Å². The van der Waals surface area contributed by atoms with Crippen LogP contribution >= 0.6 is 0 Å². The van der Waals surface area contributed by atoms with Crippen LogP contribution in [0.15, 0.2) is 12.4 Å². The van der Waals surface area contributed by atoms with E-state index in [9.17, 15) is 4.79 Å². The summed E-state index contributed by atoms with van der Waals surface area (Å²) in [5.74, 6) is 0.666. The Morgan fingerprint density at radius 2 is 2.50 bits per heavy atom. The average Bonchev–Trinajstić information content (AvgIpc) is 2.88. The van der Waals surface area contributed by atoms with Gasteiger partial charge in [0.2, 0.25) is 5.91 Å². The minimum atomic E-state index is 0.107. The summed E-state index contributed by atoms with van der Waals surface area (Å²) in [6.07, 6.45) is 3.41. The quantitative estimate of drug-likeness (QED) is 0.704. The summed E-state index contributed by atoms with van der Waals surface area (Å²) in [7, 11) is 0. The van der Waals surface area contributed by atoms with Crippen LogP contribution in [0, 0.1) is 11.8 Å². The van der Waals surface area contributed by atoms with E-state index in [4.69, 9.17) is 0 Å². The van der Waals surface area contributed by atoms with Crippen LogP contribution in [0.1, 0.15) is 6.92 Å². The largest absolute Gasteiger partial charge is 0.354 e. The van der Waals surface area contributed by atoms with Crippen molar-refractivity contribution >= 4 is 5.91 Å². The molecular weight excluding hydrogens is 206 g/mol. The normalized spacial score (nSPS) is 24.6. The Bertz CT molecular complexity index is 337. The Hall–Kier alpha value is -1.43. The maximum Gasteiger partial charge on any atom is 0.224 e. The van der Waals surface area contributed by atoms with Crippen LogP contribution in [0.3, 0.4) is 0 Å². The smallest absolute Gasteiger partial charge is 0.224 e. The third kappa shape index (κ3) is 2.57. The molecule has 0 saturated carbocycles. The molecule has 2 N–H and O–H groups in total. The van der Waals surface area contributed by atoms with Crippen molar-refractivity contribution < 1.29 is 4.79 Å². The van der Waals surface area contributed by atoms with Crippen molar-refractivity contribution in [2.45, 2.75) is 13.5 Å². The van der Waals surface area contributed by atoms with Gasteiger partial charge >= 0.3 is 0 Å². The molecule has 2 rings (SSSR count). The first-order valence-corrected chi connectivity index (χ1v) is 5.60. The summed E-state index contributed by atoms with van der Waals surface area (Å²) >= 11 is 0. The molecule has 0 aliphatic carbocycles. The first kappa shape index (κ1) is 11.1. The van der Waals surface area contributed by atoms with E-state index in [2.05, 4.69) is 27.9 Å². The fourth-order valence-electron chi connectivity index (χ4n) is 1.94. The molecule has 1 saturated heterocycles. The lowest BCUT2D eigenvalue weighted by Gasteiger charge is -2.13. The molecule has 0 unspecified atom stereocenters. The lowest BCUT2D eigenvalue weighted by Crippen LogP contribution is -2.36. The van der Waals surface area contributed by atoms with E-state index in [1.807, 2.05) is 0 Å². The zero-order valence-corrected chi connectivity index (χ0v) is 9.39. The van der Waals surface area contributed by atoms with E-state index >= 15 is 0 Å². The van der Waals surface area contributed by atoms with Gasteiger partial charge in [0.15, 0.2) is 0 Å². The molecule has 2 atom stereocenters. The SMILES string of the molecule is C[C@@H]1CNC[C@H]1C(=O)NCCn1ccnn1. The molecule has 2 heterocycles. The molecule has 1 fully saturated rings. The molecular formula is C10H17N5O. The summed E-state index contributed by atoms with van der Waals surface area (Å²) in [5.41, 5.74) is 0. The van der Waals surface area contributed by atoms with E-state index in [0.717, 1.165) is 13.1 Å². The third-order valence-corrected chi connectivity index (χ3v) is 2.97. The standard InChI is InChI=1S/C10H17N5O/c1-8-6-11-7-9(8)10(16)12-2-4-15-5-3-13-14-15/h3,5,8-9,11H,2,4,6-7H2,1H3,(H,12,16)/t8-,9-/m1/s1. The Morgan fingerprint density at radius 3 is 3.12 bits per heavy atom. The van der Waals surface area contributed by atoms with Crippen molar-refractivity contribution in [3.05, 3.63) is 12.4 Å². The number of amides is 1. The number of carbonyl (C=O) groups is 1. The highest BCUT2D eigenvalue weighted by Gasteiger charge is 2.28. The molecule has 1 amide bonds. The topological polar surface area (TPSA) is 71.8 Å². The second-order valence-electron chi connectivity index (χ2n) is 4.20. The Morgan fingerprint density at radius 1 is 1.62 bits per heavy atom. The molecule has 1 aliphatic heterocycles.